The molecule has 2 rings (SSSR count). The lowest BCUT2D eigenvalue weighted by atomic mass is 10.2. The van der Waals surface area contributed by atoms with E-state index in [1.165, 1.54) is 18.2 Å². The Bertz CT molecular complexity index is 423. The number of benzene rings is 1. The van der Waals surface area contributed by atoms with Crippen molar-refractivity contribution in [2.24, 2.45) is 0 Å². The molecule has 1 saturated heterocycles. The van der Waals surface area contributed by atoms with E-state index < -0.39 is 18.0 Å². The third kappa shape index (κ3) is 5.00. The summed E-state index contributed by atoms with van der Waals surface area (Å²) in [5.41, 5.74) is 2.20. The molecule has 1 aromatic carbocycles. The van der Waals surface area contributed by atoms with Crippen molar-refractivity contribution in [3.8, 4) is 0 Å². The monoisotopic (exact) mass is 272 g/mol. The molecule has 1 heterocycles. The highest BCUT2D eigenvalue weighted by atomic mass is 19.1. The molecule has 1 aliphatic heterocycles. The van der Waals surface area contributed by atoms with Gasteiger partial charge in [-0.15, -0.1) is 0 Å². The molecule has 1 aromatic rings. The number of amides is 1. The fourth-order valence-corrected chi connectivity index (χ4v) is 1.33. The van der Waals surface area contributed by atoms with Crippen LogP contribution < -0.4 is 11.0 Å². The van der Waals surface area contributed by atoms with E-state index in [1.54, 1.807) is 6.07 Å². The molecular weight excluding hydrogens is 259 g/mol. The molecule has 7 nitrogen and oxygen atoms in total. The maximum absolute atomic E-state index is 13.3. The molecule has 1 fully saturated rings. The third-order valence-corrected chi connectivity index (χ3v) is 2.14. The second-order valence-corrected chi connectivity index (χ2v) is 3.39. The summed E-state index contributed by atoms with van der Waals surface area (Å²) in [6.45, 7) is 0.169. The van der Waals surface area contributed by atoms with E-state index in [4.69, 9.17) is 19.6 Å². The van der Waals surface area contributed by atoms with Crippen molar-refractivity contribution in [3.63, 3.8) is 0 Å². The van der Waals surface area contributed by atoms with Gasteiger partial charge in [0.05, 0.1) is 12.2 Å². The Morgan fingerprint density at radius 3 is 2.79 bits per heavy atom. The van der Waals surface area contributed by atoms with Gasteiger partial charge in [-0.1, -0.05) is 17.8 Å². The maximum Gasteiger partial charge on any atom is 0.290 e. The summed E-state index contributed by atoms with van der Waals surface area (Å²) in [6, 6.07) is 5.77. The van der Waals surface area contributed by atoms with Crippen molar-refractivity contribution in [3.05, 3.63) is 35.6 Å². The molecular formula is C11H13FN2O5. The average molecular weight is 272 g/mol. The Kier molecular flexibility index (Phi) is 6.44. The van der Waals surface area contributed by atoms with Gasteiger partial charge in [0.2, 0.25) is 0 Å². The number of rotatable bonds is 2. The van der Waals surface area contributed by atoms with Crippen LogP contribution in [-0.2, 0) is 14.5 Å². The van der Waals surface area contributed by atoms with Crippen molar-refractivity contribution in [2.45, 2.75) is 12.6 Å². The normalized spacial score (nSPS) is 17.8. The highest BCUT2D eigenvalue weighted by Crippen LogP contribution is 2.07. The van der Waals surface area contributed by atoms with Crippen LogP contribution in [0.1, 0.15) is 16.8 Å². The van der Waals surface area contributed by atoms with Crippen LogP contribution in [0.15, 0.2) is 24.3 Å². The molecule has 0 bridgehead atoms. The second-order valence-electron chi connectivity index (χ2n) is 3.39. The lowest BCUT2D eigenvalue weighted by molar-refractivity contribution is -0.242. The highest BCUT2D eigenvalue weighted by Gasteiger charge is 2.19. The predicted molar refractivity (Wildman–Crippen MR) is 61.1 cm³/mol. The number of halogens is 1. The lowest BCUT2D eigenvalue weighted by Crippen LogP contribution is -2.44. The van der Waals surface area contributed by atoms with Gasteiger partial charge in [0.1, 0.15) is 5.82 Å². The Morgan fingerprint density at radius 1 is 1.53 bits per heavy atom. The molecule has 0 aromatic heterocycles. The Labute approximate surface area is 108 Å². The van der Waals surface area contributed by atoms with Crippen LogP contribution in [0.4, 0.5) is 4.39 Å². The fourth-order valence-electron chi connectivity index (χ4n) is 1.33. The van der Waals surface area contributed by atoms with Gasteiger partial charge in [0.15, 0.2) is 6.23 Å². The minimum absolute atomic E-state index is 0.00223. The molecule has 104 valence electrons. The predicted octanol–water partition coefficient (Wildman–Crippen LogP) is 0.439. The van der Waals surface area contributed by atoms with Gasteiger partial charge in [0, 0.05) is 6.42 Å². The summed E-state index contributed by atoms with van der Waals surface area (Å²) in [5.74, 6) is -1.06. The first-order chi connectivity index (χ1) is 9.19. The topological polar surface area (TPSA) is 96.9 Å². The number of carbonyl (C=O) groups is 2. The second kappa shape index (κ2) is 8.14. The number of carboxylic acid groups (broad SMARTS) is 1. The minimum atomic E-state index is -0.556. The minimum Gasteiger partial charge on any atom is -0.483 e. The first-order valence-corrected chi connectivity index (χ1v) is 5.34. The number of hydrogen-bond donors (Lipinski definition) is 3. The quantitative estimate of drug-likeness (QED) is 0.676. The zero-order valence-corrected chi connectivity index (χ0v) is 9.84. The molecule has 0 saturated carbocycles. The van der Waals surface area contributed by atoms with E-state index in [0.29, 0.717) is 13.0 Å². The van der Waals surface area contributed by atoms with Crippen molar-refractivity contribution < 1.29 is 28.8 Å². The van der Waals surface area contributed by atoms with Crippen molar-refractivity contribution in [1.82, 2.24) is 11.0 Å². The van der Waals surface area contributed by atoms with Gasteiger partial charge in [-0.05, 0) is 12.1 Å². The third-order valence-electron chi connectivity index (χ3n) is 2.14. The van der Waals surface area contributed by atoms with Crippen LogP contribution in [0, 0.1) is 5.82 Å². The molecule has 1 atom stereocenters. The molecule has 1 aliphatic rings. The van der Waals surface area contributed by atoms with E-state index in [1.807, 2.05) is 0 Å². The average Bonchev–Trinajstić information content (AvgIpc) is 2.41. The highest BCUT2D eigenvalue weighted by molar-refractivity contribution is 5.94. The van der Waals surface area contributed by atoms with Gasteiger partial charge in [-0.2, -0.15) is 0 Å². The van der Waals surface area contributed by atoms with E-state index in [2.05, 4.69) is 11.0 Å². The molecule has 8 heteroatoms. The summed E-state index contributed by atoms with van der Waals surface area (Å²) in [7, 11) is 0. The van der Waals surface area contributed by atoms with E-state index in [-0.39, 0.29) is 12.0 Å². The van der Waals surface area contributed by atoms with Gasteiger partial charge < -0.3 is 10.4 Å². The molecule has 1 amide bonds. The lowest BCUT2D eigenvalue weighted by Gasteiger charge is -2.23. The van der Waals surface area contributed by atoms with Crippen LogP contribution in [0.5, 0.6) is 0 Å². The maximum atomic E-state index is 13.3. The summed E-state index contributed by atoms with van der Waals surface area (Å²) in [6.07, 6.45) is -0.00596. The van der Waals surface area contributed by atoms with Crippen molar-refractivity contribution in [1.29, 1.82) is 0 Å². The van der Waals surface area contributed by atoms with Crippen LogP contribution in [0.2, 0.25) is 0 Å². The van der Waals surface area contributed by atoms with E-state index in [9.17, 15) is 9.18 Å². The van der Waals surface area contributed by atoms with Crippen LogP contribution in [0.25, 0.3) is 0 Å². The molecule has 0 unspecified atom stereocenters. The standard InChI is InChI=1S/C10H11FN2O3.CH2O2/c11-8-4-2-1-3-7(8)10(14)12-9-5-6-15-13-16-9;2-1-3/h1-4,9,13H,5-6H2,(H,12,14);1H,(H,2,3)/t9-;/m0./s1. The zero-order valence-electron chi connectivity index (χ0n) is 9.84. The van der Waals surface area contributed by atoms with Gasteiger partial charge >= 0.3 is 0 Å². The van der Waals surface area contributed by atoms with Gasteiger partial charge in [0.25, 0.3) is 12.4 Å². The summed E-state index contributed by atoms with van der Waals surface area (Å²) < 4.78 is 13.3. The summed E-state index contributed by atoms with van der Waals surface area (Å²) >= 11 is 0. The van der Waals surface area contributed by atoms with E-state index in [0.717, 1.165) is 0 Å². The Hall–Kier alpha value is -2.03. The first kappa shape index (κ1) is 15.0. The van der Waals surface area contributed by atoms with E-state index >= 15 is 0 Å². The SMILES string of the molecule is O=C(N[C@@H]1CCONO1)c1ccccc1F.O=CO. The first-order valence-electron chi connectivity index (χ1n) is 5.34. The molecule has 19 heavy (non-hydrogen) atoms. The smallest absolute Gasteiger partial charge is 0.290 e. The zero-order chi connectivity index (χ0) is 14.1. The Morgan fingerprint density at radius 2 is 2.21 bits per heavy atom. The van der Waals surface area contributed by atoms with Crippen LogP contribution in [-0.4, -0.2) is 30.3 Å². The van der Waals surface area contributed by atoms with Gasteiger partial charge in [-0.3, -0.25) is 19.3 Å². The summed E-state index contributed by atoms with van der Waals surface area (Å²) in [4.78, 5) is 29.6. The molecule has 0 spiro atoms. The summed E-state index contributed by atoms with van der Waals surface area (Å²) in [5, 5.41) is 9.42. The van der Waals surface area contributed by atoms with Crippen LogP contribution in [0.3, 0.4) is 0 Å². The van der Waals surface area contributed by atoms with Crippen molar-refractivity contribution in [2.75, 3.05) is 6.61 Å². The largest absolute Gasteiger partial charge is 0.483 e. The Balaban J connectivity index is 0.000000550. The number of nitrogens with one attached hydrogen (secondary N) is 2. The van der Waals surface area contributed by atoms with Crippen LogP contribution >= 0.6 is 0 Å². The molecule has 3 N–H and O–H groups in total. The fraction of sp³-hybridized carbons (Fsp3) is 0.273. The molecule has 0 radical (unpaired) electrons. The number of carbonyl (C=O) groups excluding carboxylic acids is 1. The van der Waals surface area contributed by atoms with Gasteiger partial charge in [-0.25, -0.2) is 4.39 Å². The van der Waals surface area contributed by atoms with Crippen molar-refractivity contribution >= 4 is 12.4 Å². The molecule has 0 aliphatic carbocycles. The number of hydrogen-bond acceptors (Lipinski definition) is 5.